The van der Waals surface area contributed by atoms with Crippen LogP contribution in [0.25, 0.3) is 0 Å². The molecule has 142 valence electrons. The zero-order valence-corrected chi connectivity index (χ0v) is 16.4. The zero-order chi connectivity index (χ0) is 18.4. The summed E-state index contributed by atoms with van der Waals surface area (Å²) < 4.78 is 13.7. The van der Waals surface area contributed by atoms with Crippen LogP contribution in [0, 0.1) is 40.8 Å². The van der Waals surface area contributed by atoms with E-state index >= 15 is 0 Å². The maximum atomic E-state index is 13.7. The second-order valence-electron chi connectivity index (χ2n) is 8.81. The summed E-state index contributed by atoms with van der Waals surface area (Å²) >= 11 is 0. The minimum absolute atomic E-state index is 0.155. The predicted molar refractivity (Wildman–Crippen MR) is 105 cm³/mol. The Morgan fingerprint density at radius 1 is 0.923 bits per heavy atom. The fraction of sp³-hybridized carbons (Fsp3) is 0.708. The van der Waals surface area contributed by atoms with Crippen molar-refractivity contribution in [2.75, 3.05) is 0 Å². The molecule has 2 aliphatic carbocycles. The number of benzene rings is 1. The number of nitrogens with zero attached hydrogens (tertiary/aromatic N) is 1. The highest BCUT2D eigenvalue weighted by atomic mass is 19.1. The molecule has 0 bridgehead atoms. The smallest absolute Gasteiger partial charge is 0.141 e. The van der Waals surface area contributed by atoms with Gasteiger partial charge in [-0.15, -0.1) is 0 Å². The van der Waals surface area contributed by atoms with E-state index in [4.69, 9.17) is 5.26 Å². The van der Waals surface area contributed by atoms with Gasteiger partial charge >= 0.3 is 0 Å². The van der Waals surface area contributed by atoms with Gasteiger partial charge in [0.2, 0.25) is 0 Å². The predicted octanol–water partition coefficient (Wildman–Crippen LogP) is 7.04. The van der Waals surface area contributed by atoms with Crippen LogP contribution in [-0.2, 0) is 6.42 Å². The van der Waals surface area contributed by atoms with Crippen LogP contribution in [0.4, 0.5) is 4.39 Å². The highest BCUT2D eigenvalue weighted by Crippen LogP contribution is 2.42. The van der Waals surface area contributed by atoms with E-state index in [-0.39, 0.29) is 11.4 Å². The van der Waals surface area contributed by atoms with Gasteiger partial charge in [-0.05, 0) is 79.9 Å². The van der Waals surface area contributed by atoms with Gasteiger partial charge in [-0.2, -0.15) is 5.26 Å². The summed E-state index contributed by atoms with van der Waals surface area (Å²) in [4.78, 5) is 0. The van der Waals surface area contributed by atoms with Gasteiger partial charge in [0.1, 0.15) is 11.9 Å². The molecule has 3 rings (SSSR count). The molecule has 2 aliphatic rings. The van der Waals surface area contributed by atoms with Gasteiger partial charge < -0.3 is 0 Å². The maximum Gasteiger partial charge on any atom is 0.141 e. The van der Waals surface area contributed by atoms with Gasteiger partial charge in [0.25, 0.3) is 0 Å². The fourth-order valence-corrected chi connectivity index (χ4v) is 5.48. The molecule has 1 aromatic rings. The van der Waals surface area contributed by atoms with Crippen molar-refractivity contribution < 1.29 is 4.39 Å². The van der Waals surface area contributed by atoms with Crippen molar-refractivity contribution in [3.8, 4) is 6.07 Å². The van der Waals surface area contributed by atoms with Crippen LogP contribution in [0.2, 0.25) is 0 Å². The SMILES string of the molecule is CCC[C@H]1CC[C@H](C2CCC(CCc3ccc(C#N)c(F)c3)CC2)CC1. The van der Waals surface area contributed by atoms with Crippen LogP contribution >= 0.6 is 0 Å². The maximum absolute atomic E-state index is 13.7. The monoisotopic (exact) mass is 355 g/mol. The van der Waals surface area contributed by atoms with Gasteiger partial charge in [0.15, 0.2) is 0 Å². The topological polar surface area (TPSA) is 23.8 Å². The van der Waals surface area contributed by atoms with Crippen molar-refractivity contribution in [1.29, 1.82) is 5.26 Å². The normalized spacial score (nSPS) is 29.3. The number of aryl methyl sites for hydroxylation is 1. The molecule has 1 aromatic carbocycles. The molecule has 1 nitrogen and oxygen atoms in total. The number of halogens is 1. The van der Waals surface area contributed by atoms with Crippen molar-refractivity contribution >= 4 is 0 Å². The number of rotatable bonds is 6. The van der Waals surface area contributed by atoms with Crippen molar-refractivity contribution in [2.45, 2.75) is 84.0 Å². The van der Waals surface area contributed by atoms with Gasteiger partial charge in [-0.3, -0.25) is 0 Å². The lowest BCUT2D eigenvalue weighted by Gasteiger charge is -2.38. The van der Waals surface area contributed by atoms with E-state index in [1.165, 1.54) is 70.6 Å². The molecule has 0 amide bonds. The van der Waals surface area contributed by atoms with Crippen LogP contribution in [0.15, 0.2) is 18.2 Å². The summed E-state index contributed by atoms with van der Waals surface area (Å²) in [6.07, 6.45) is 16.3. The Morgan fingerprint density at radius 2 is 1.50 bits per heavy atom. The van der Waals surface area contributed by atoms with Gasteiger partial charge in [-0.1, -0.05) is 51.5 Å². The Balaban J connectivity index is 1.39. The minimum Gasteiger partial charge on any atom is -0.206 e. The molecule has 2 heteroatoms. The average Bonchev–Trinajstić information content (AvgIpc) is 2.68. The van der Waals surface area contributed by atoms with Crippen molar-refractivity contribution in [1.82, 2.24) is 0 Å². The van der Waals surface area contributed by atoms with E-state index in [9.17, 15) is 4.39 Å². The van der Waals surface area contributed by atoms with Gasteiger partial charge in [0, 0.05) is 0 Å². The number of nitriles is 1. The first kappa shape index (κ1) is 19.4. The van der Waals surface area contributed by atoms with Gasteiger partial charge in [0.05, 0.1) is 5.56 Å². The summed E-state index contributed by atoms with van der Waals surface area (Å²) in [6.45, 7) is 2.32. The standard InChI is InChI=1S/C24H34FN/c1-2-3-18-6-11-21(12-7-18)22-13-8-19(9-14-22)4-5-20-10-15-23(17-26)24(25)16-20/h10,15-16,18-19,21-22H,2-9,11-14H2,1H3/t18-,19?,21-,22?. The van der Waals surface area contributed by atoms with Crippen LogP contribution < -0.4 is 0 Å². The largest absolute Gasteiger partial charge is 0.206 e. The van der Waals surface area contributed by atoms with Crippen molar-refractivity contribution in [3.05, 3.63) is 35.1 Å². The molecule has 0 radical (unpaired) electrons. The lowest BCUT2D eigenvalue weighted by Crippen LogP contribution is -2.26. The van der Waals surface area contributed by atoms with Crippen molar-refractivity contribution in [2.24, 2.45) is 23.7 Å². The van der Waals surface area contributed by atoms with E-state index in [1.807, 2.05) is 12.1 Å². The van der Waals surface area contributed by atoms with Crippen LogP contribution in [0.5, 0.6) is 0 Å². The van der Waals surface area contributed by atoms with E-state index in [0.717, 1.165) is 35.7 Å². The molecule has 0 atom stereocenters. The van der Waals surface area contributed by atoms with Crippen molar-refractivity contribution in [3.63, 3.8) is 0 Å². The third kappa shape index (κ3) is 5.09. The first-order valence-corrected chi connectivity index (χ1v) is 10.9. The lowest BCUT2D eigenvalue weighted by atomic mass is 9.68. The molecule has 0 unspecified atom stereocenters. The van der Waals surface area contributed by atoms with E-state index in [0.29, 0.717) is 0 Å². The van der Waals surface area contributed by atoms with Crippen LogP contribution in [-0.4, -0.2) is 0 Å². The second kappa shape index (κ2) is 9.54. The average molecular weight is 356 g/mol. The summed E-state index contributed by atoms with van der Waals surface area (Å²) in [7, 11) is 0. The molecule has 0 heterocycles. The molecular formula is C24H34FN. The molecule has 0 aromatic heterocycles. The minimum atomic E-state index is -0.368. The Bertz CT molecular complexity index is 601. The molecule has 2 fully saturated rings. The molecule has 0 spiro atoms. The number of hydrogen-bond donors (Lipinski definition) is 0. The van der Waals surface area contributed by atoms with Crippen LogP contribution in [0.1, 0.15) is 88.7 Å². The molecular weight excluding hydrogens is 321 g/mol. The highest BCUT2D eigenvalue weighted by molar-refractivity contribution is 5.33. The zero-order valence-electron chi connectivity index (χ0n) is 16.4. The third-order valence-electron chi connectivity index (χ3n) is 7.14. The van der Waals surface area contributed by atoms with E-state index in [1.54, 1.807) is 12.1 Å². The summed E-state index contributed by atoms with van der Waals surface area (Å²) in [5.74, 6) is 3.42. The molecule has 0 saturated heterocycles. The highest BCUT2D eigenvalue weighted by Gasteiger charge is 2.30. The lowest BCUT2D eigenvalue weighted by molar-refractivity contribution is 0.141. The molecule has 26 heavy (non-hydrogen) atoms. The summed E-state index contributed by atoms with van der Waals surface area (Å²) in [6, 6.07) is 6.99. The van der Waals surface area contributed by atoms with E-state index < -0.39 is 0 Å². The fourth-order valence-electron chi connectivity index (χ4n) is 5.48. The Morgan fingerprint density at radius 3 is 2.00 bits per heavy atom. The molecule has 2 saturated carbocycles. The Hall–Kier alpha value is -1.36. The third-order valence-corrected chi connectivity index (χ3v) is 7.14. The Kier molecular flexibility index (Phi) is 7.12. The summed E-state index contributed by atoms with van der Waals surface area (Å²) in [5.41, 5.74) is 1.20. The molecule has 0 N–H and O–H groups in total. The number of hydrogen-bond acceptors (Lipinski definition) is 1. The first-order chi connectivity index (χ1) is 12.7. The van der Waals surface area contributed by atoms with Gasteiger partial charge in [-0.25, -0.2) is 4.39 Å². The quantitative estimate of drug-likeness (QED) is 0.536. The van der Waals surface area contributed by atoms with E-state index in [2.05, 4.69) is 6.92 Å². The summed E-state index contributed by atoms with van der Waals surface area (Å²) in [5, 5.41) is 8.83. The van der Waals surface area contributed by atoms with Crippen LogP contribution in [0.3, 0.4) is 0 Å². The second-order valence-corrected chi connectivity index (χ2v) is 8.81. The first-order valence-electron chi connectivity index (χ1n) is 10.9. The molecule has 0 aliphatic heterocycles. The Labute approximate surface area is 159 Å².